The number of hydrogen-bond donors (Lipinski definition) is 0. The predicted octanol–water partition coefficient (Wildman–Crippen LogP) is 0.748. The zero-order valence-corrected chi connectivity index (χ0v) is 34.1. The first-order chi connectivity index (χ1) is 33.4. The second-order valence-corrected chi connectivity index (χ2v) is 8.27. The zero-order valence-electron chi connectivity index (χ0n) is 34.1. The van der Waals surface area contributed by atoms with Crippen LogP contribution in [-0.2, 0) is 0 Å². The van der Waals surface area contributed by atoms with Crippen molar-refractivity contribution in [1.29, 1.82) is 0 Å². The van der Waals surface area contributed by atoms with E-state index in [4.69, 9.17) is 6.42 Å². The third-order valence-electron chi connectivity index (χ3n) is 4.07. The molecule has 0 bridgehead atoms. The van der Waals surface area contributed by atoms with Gasteiger partial charge in [-0.15, -0.1) is 6.42 Å². The molecule has 0 rings (SSSR count). The van der Waals surface area contributed by atoms with E-state index in [-0.39, 0.29) is 0 Å². The highest BCUT2D eigenvalue weighted by molar-refractivity contribution is 5.52. The van der Waals surface area contributed by atoms with Gasteiger partial charge in [-0.1, -0.05) is 5.92 Å². The van der Waals surface area contributed by atoms with E-state index in [2.05, 4.69) is 385 Å². The van der Waals surface area contributed by atoms with Gasteiger partial charge in [0.1, 0.15) is 0 Å². The van der Waals surface area contributed by atoms with Crippen LogP contribution < -0.4 is 0 Å². The summed E-state index contributed by atoms with van der Waals surface area (Å²) in [7, 11) is 0. The molecule has 0 aliphatic rings. The van der Waals surface area contributed by atoms with E-state index >= 15 is 0 Å². The SMILES string of the molecule is C#CC#CC#CC#CC#CC#CC#CC#CC#CC#CC#CC#CC#CC#CC#CC#CC#CC#CC#CC#CC#CC#CC#CC#CC#CC#CC#CC#CC#CC#CC#CC#CC#CC. The maximum atomic E-state index is 4.95. The topological polar surface area (TPSA) is 0 Å². The smallest absolute Gasteiger partial charge is 0 e. The first-order valence-electron chi connectivity index (χ1n) is 16.8. The van der Waals surface area contributed by atoms with Crippen molar-refractivity contribution in [1.82, 2.24) is 0 Å². The minimum atomic E-state index is 1.68. The average Bonchev–Trinajstić information content (AvgIpc) is 3.34. The summed E-state index contributed by atoms with van der Waals surface area (Å²) in [6.45, 7) is 1.68. The first-order valence-corrected chi connectivity index (χ1v) is 16.8. The molecule has 0 aliphatic carbocycles. The molecule has 0 atom stereocenters. The Kier molecular flexibility index (Phi) is 40.3. The number of hydrogen-bond acceptors (Lipinski definition) is 0. The van der Waals surface area contributed by atoms with E-state index in [1.54, 1.807) is 6.92 Å². The average molecular weight is 809 g/mol. The summed E-state index contributed by atoms with van der Waals surface area (Å²) in [5.74, 6) is 162. The van der Waals surface area contributed by atoms with Crippen molar-refractivity contribution in [3.05, 3.63) is 0 Å². The van der Waals surface area contributed by atoms with Crippen LogP contribution in [0.1, 0.15) is 6.92 Å². The summed E-state index contributed by atoms with van der Waals surface area (Å²) in [5.41, 5.74) is 0. The molecule has 0 nitrogen and oxygen atoms in total. The monoisotopic (exact) mass is 808 g/mol. The maximum absolute atomic E-state index is 4.95. The fourth-order valence-corrected chi connectivity index (χ4v) is 2.00. The van der Waals surface area contributed by atoms with Crippen LogP contribution in [0.4, 0.5) is 0 Å². The lowest BCUT2D eigenvalue weighted by Gasteiger charge is -1.57. The lowest BCUT2D eigenvalue weighted by molar-refractivity contribution is 1.92. The Morgan fingerprint density at radius 3 is 0.269 bits per heavy atom. The van der Waals surface area contributed by atoms with Gasteiger partial charge in [-0.3, -0.25) is 0 Å². The highest BCUT2D eigenvalue weighted by atomic mass is 13.6. The minimum Gasteiger partial charge on any atom is -0.106 e. The Morgan fingerprint density at radius 2 is 0.194 bits per heavy atom. The molecular formula is C67H4. The van der Waals surface area contributed by atoms with Crippen LogP contribution in [-0.4, -0.2) is 0 Å². The van der Waals surface area contributed by atoms with E-state index in [0.29, 0.717) is 0 Å². The largest absolute Gasteiger partial charge is 0.106 e. The van der Waals surface area contributed by atoms with Gasteiger partial charge in [-0.25, -0.2) is 0 Å². The van der Waals surface area contributed by atoms with Crippen molar-refractivity contribution in [2.24, 2.45) is 0 Å². The first kappa shape index (κ1) is 52.5. The fourth-order valence-electron chi connectivity index (χ4n) is 2.00. The Morgan fingerprint density at radius 1 is 0.119 bits per heavy atom. The van der Waals surface area contributed by atoms with Crippen molar-refractivity contribution in [3.63, 3.8) is 0 Å². The summed E-state index contributed by atoms with van der Waals surface area (Å²) in [5, 5.41) is 0. The van der Waals surface area contributed by atoms with Crippen LogP contribution in [0.2, 0.25) is 0 Å². The van der Waals surface area contributed by atoms with Gasteiger partial charge in [0, 0.05) is 284 Å². The van der Waals surface area contributed by atoms with Crippen molar-refractivity contribution in [2.75, 3.05) is 0 Å². The van der Waals surface area contributed by atoms with E-state index in [0.717, 1.165) is 0 Å². The van der Waals surface area contributed by atoms with Crippen molar-refractivity contribution < 1.29 is 0 Å². The van der Waals surface area contributed by atoms with Crippen LogP contribution in [0.3, 0.4) is 0 Å². The third-order valence-corrected chi connectivity index (χ3v) is 4.07. The van der Waals surface area contributed by atoms with Crippen molar-refractivity contribution >= 4 is 0 Å². The molecule has 0 fully saturated rings. The van der Waals surface area contributed by atoms with E-state index < -0.39 is 0 Å². The van der Waals surface area contributed by atoms with Gasteiger partial charge in [0.15, 0.2) is 0 Å². The fraction of sp³-hybridized carbons (Fsp3) is 0.0149. The second kappa shape index (κ2) is 51.5. The summed E-state index contributed by atoms with van der Waals surface area (Å²) < 4.78 is 0. The molecule has 0 radical (unpaired) electrons. The molecule has 0 unspecified atom stereocenters. The maximum Gasteiger partial charge on any atom is 0 e. The highest BCUT2D eigenvalue weighted by Gasteiger charge is 1.63. The number of terminal acetylenes is 1. The normalized spacial score (nSPS) is 3.94. The molecule has 0 saturated heterocycles. The van der Waals surface area contributed by atoms with Crippen LogP contribution in [0.15, 0.2) is 0 Å². The Labute approximate surface area is 396 Å². The van der Waals surface area contributed by atoms with Gasteiger partial charge in [0.05, 0.1) is 0 Å². The lowest BCUT2D eigenvalue weighted by atomic mass is 10.4. The standard InChI is InChI=1S/C67H4/c1-3-5-7-9-11-13-15-17-19-21-23-25-27-29-31-33-35-37-39-41-43-45-47-49-51-53-55-57-59-61-63-65-67-66-64-62-60-58-56-54-52-50-48-46-44-42-40-38-36-34-32-30-28-26-24-22-20-18-16-14-12-10-8-6-4-2/h1H,2H3. The van der Waals surface area contributed by atoms with Crippen LogP contribution in [0.25, 0.3) is 0 Å². The van der Waals surface area contributed by atoms with Gasteiger partial charge in [-0.2, -0.15) is 0 Å². The van der Waals surface area contributed by atoms with E-state index in [1.165, 1.54) is 0 Å². The molecule has 0 amide bonds. The molecule has 0 aromatic carbocycles. The molecule has 67 heavy (non-hydrogen) atoms. The molecule has 0 aromatic heterocycles. The lowest BCUT2D eigenvalue weighted by Crippen LogP contribution is -1.57. The summed E-state index contributed by atoms with van der Waals surface area (Å²) in [4.78, 5) is 0. The van der Waals surface area contributed by atoms with Gasteiger partial charge in [0.25, 0.3) is 0 Å². The molecule has 0 N–H and O–H groups in total. The van der Waals surface area contributed by atoms with E-state index in [9.17, 15) is 0 Å². The molecular weight excluding hydrogens is 805 g/mol. The number of rotatable bonds is 0. The van der Waals surface area contributed by atoms with Crippen molar-refractivity contribution in [2.45, 2.75) is 6.92 Å². The minimum absolute atomic E-state index is 1.68. The predicted molar refractivity (Wildman–Crippen MR) is 263 cm³/mol. The van der Waals surface area contributed by atoms with Gasteiger partial charge < -0.3 is 0 Å². The molecule has 0 heteroatoms. The molecule has 0 aliphatic heterocycles. The van der Waals surface area contributed by atoms with Gasteiger partial charge in [0.2, 0.25) is 0 Å². The molecule has 0 heterocycles. The summed E-state index contributed by atoms with van der Waals surface area (Å²) in [6.07, 6.45) is 4.95. The second-order valence-electron chi connectivity index (χ2n) is 8.27. The highest BCUT2D eigenvalue weighted by Crippen LogP contribution is 1.64. The Hall–Kier alpha value is -14.5. The van der Waals surface area contributed by atoms with E-state index in [1.807, 2.05) is 0 Å². The quantitative estimate of drug-likeness (QED) is 0.318. The van der Waals surface area contributed by atoms with Crippen molar-refractivity contribution in [3.8, 4) is 391 Å². The Bertz CT molecular complexity index is 4360. The third kappa shape index (κ3) is 51.5. The zero-order chi connectivity index (χ0) is 48.0. The molecule has 272 valence electrons. The van der Waals surface area contributed by atoms with Crippen LogP contribution in [0, 0.1) is 391 Å². The molecule has 0 spiro atoms. The van der Waals surface area contributed by atoms with Crippen LogP contribution in [0.5, 0.6) is 0 Å². The summed E-state index contributed by atoms with van der Waals surface area (Å²) in [6, 6.07) is 0. The molecule has 0 saturated carbocycles. The van der Waals surface area contributed by atoms with Gasteiger partial charge in [-0.05, 0) is 102 Å². The summed E-state index contributed by atoms with van der Waals surface area (Å²) >= 11 is 0. The van der Waals surface area contributed by atoms with Gasteiger partial charge >= 0.3 is 0 Å². The van der Waals surface area contributed by atoms with Crippen LogP contribution >= 0.6 is 0 Å². The Balaban J connectivity index is 4.60. The molecule has 0 aromatic rings.